The highest BCUT2D eigenvalue weighted by atomic mass is 19.1. The van der Waals surface area contributed by atoms with Crippen LogP contribution in [-0.2, 0) is 4.79 Å². The fourth-order valence-electron chi connectivity index (χ4n) is 2.88. The minimum atomic E-state index is -1.10. The van der Waals surface area contributed by atoms with Crippen LogP contribution in [0.3, 0.4) is 0 Å². The van der Waals surface area contributed by atoms with Gasteiger partial charge in [-0.05, 0) is 36.6 Å². The second-order valence-electron chi connectivity index (χ2n) is 6.30. The van der Waals surface area contributed by atoms with E-state index in [2.05, 4.69) is 5.32 Å². The van der Waals surface area contributed by atoms with E-state index in [0.717, 1.165) is 12.8 Å². The Morgan fingerprint density at radius 2 is 1.88 bits per heavy atom. The molecule has 1 saturated carbocycles. The van der Waals surface area contributed by atoms with E-state index < -0.39 is 11.9 Å². The largest absolute Gasteiger partial charge is 0.486 e. The van der Waals surface area contributed by atoms with Gasteiger partial charge < -0.3 is 19.9 Å². The zero-order chi connectivity index (χ0) is 17.4. The van der Waals surface area contributed by atoms with E-state index in [1.54, 1.807) is 18.2 Å². The monoisotopic (exact) mass is 343 g/mol. The summed E-state index contributed by atoms with van der Waals surface area (Å²) in [6, 6.07) is 9.06. The maximum absolute atomic E-state index is 13.5. The SMILES string of the molecule is O=C(Nc1cc2c(cc1[C@@H](O)c1cccc(F)c1)OCCO2)C1CC1. The Balaban J connectivity index is 1.73. The molecule has 25 heavy (non-hydrogen) atoms. The summed E-state index contributed by atoms with van der Waals surface area (Å²) in [7, 11) is 0. The summed E-state index contributed by atoms with van der Waals surface area (Å²) >= 11 is 0. The molecule has 2 aromatic carbocycles. The number of amides is 1. The summed E-state index contributed by atoms with van der Waals surface area (Å²) in [5.41, 5.74) is 1.31. The van der Waals surface area contributed by atoms with Gasteiger partial charge in [-0.1, -0.05) is 12.1 Å². The second-order valence-corrected chi connectivity index (χ2v) is 6.30. The van der Waals surface area contributed by atoms with Crippen molar-refractivity contribution in [2.75, 3.05) is 18.5 Å². The van der Waals surface area contributed by atoms with Crippen molar-refractivity contribution >= 4 is 11.6 Å². The zero-order valence-corrected chi connectivity index (χ0v) is 13.5. The number of benzene rings is 2. The van der Waals surface area contributed by atoms with Crippen molar-refractivity contribution < 1.29 is 23.8 Å². The van der Waals surface area contributed by atoms with Crippen molar-refractivity contribution in [3.63, 3.8) is 0 Å². The molecule has 0 unspecified atom stereocenters. The quantitative estimate of drug-likeness (QED) is 0.895. The first kappa shape index (κ1) is 15.9. The number of carbonyl (C=O) groups excluding carboxylic acids is 1. The molecule has 4 rings (SSSR count). The topological polar surface area (TPSA) is 67.8 Å². The van der Waals surface area contributed by atoms with Crippen LogP contribution in [0, 0.1) is 11.7 Å². The summed E-state index contributed by atoms with van der Waals surface area (Å²) in [4.78, 5) is 12.2. The lowest BCUT2D eigenvalue weighted by Crippen LogP contribution is -2.19. The lowest BCUT2D eigenvalue weighted by molar-refractivity contribution is -0.117. The standard InChI is InChI=1S/C19H18FNO4/c20-13-3-1-2-12(8-13)18(22)14-9-16-17(25-7-6-24-16)10-15(14)21-19(23)11-4-5-11/h1-3,8-11,18,22H,4-7H2,(H,21,23)/t18-/m0/s1. The molecule has 130 valence electrons. The van der Waals surface area contributed by atoms with Gasteiger partial charge in [0.25, 0.3) is 0 Å². The van der Waals surface area contributed by atoms with Crippen molar-refractivity contribution in [2.45, 2.75) is 18.9 Å². The Morgan fingerprint density at radius 1 is 1.16 bits per heavy atom. The molecular formula is C19H18FNO4. The predicted molar refractivity (Wildman–Crippen MR) is 89.2 cm³/mol. The predicted octanol–water partition coefficient (Wildman–Crippen LogP) is 3.03. The van der Waals surface area contributed by atoms with Crippen LogP contribution in [0.15, 0.2) is 36.4 Å². The minimum absolute atomic E-state index is 0.0207. The molecule has 1 atom stereocenters. The molecule has 1 amide bonds. The average molecular weight is 343 g/mol. The summed E-state index contributed by atoms with van der Waals surface area (Å²) in [5.74, 6) is 0.531. The van der Waals surface area contributed by atoms with Crippen molar-refractivity contribution in [1.29, 1.82) is 0 Å². The summed E-state index contributed by atoms with van der Waals surface area (Å²) in [5, 5.41) is 13.6. The van der Waals surface area contributed by atoms with Crippen LogP contribution >= 0.6 is 0 Å². The van der Waals surface area contributed by atoms with Crippen LogP contribution in [0.5, 0.6) is 11.5 Å². The number of fused-ring (bicyclic) bond motifs is 1. The highest BCUT2D eigenvalue weighted by Gasteiger charge is 2.31. The van der Waals surface area contributed by atoms with E-state index in [0.29, 0.717) is 41.5 Å². The number of rotatable bonds is 4. The van der Waals surface area contributed by atoms with Crippen molar-refractivity contribution in [1.82, 2.24) is 0 Å². The van der Waals surface area contributed by atoms with Gasteiger partial charge in [0, 0.05) is 17.5 Å². The summed E-state index contributed by atoms with van der Waals surface area (Å²) in [6.07, 6.45) is 0.650. The van der Waals surface area contributed by atoms with Gasteiger partial charge in [0.1, 0.15) is 25.1 Å². The summed E-state index contributed by atoms with van der Waals surface area (Å²) < 4.78 is 24.6. The molecule has 1 aliphatic carbocycles. The number of aliphatic hydroxyl groups excluding tert-OH is 1. The van der Waals surface area contributed by atoms with Crippen LogP contribution in [0.4, 0.5) is 10.1 Å². The number of nitrogens with one attached hydrogen (secondary N) is 1. The van der Waals surface area contributed by atoms with Crippen LogP contribution in [0.25, 0.3) is 0 Å². The molecule has 0 saturated heterocycles. The number of hydrogen-bond donors (Lipinski definition) is 2. The third kappa shape index (κ3) is 3.30. The average Bonchev–Trinajstić information content (AvgIpc) is 3.46. The number of carbonyl (C=O) groups is 1. The Kier molecular flexibility index (Phi) is 4.05. The lowest BCUT2D eigenvalue weighted by atomic mass is 9.98. The number of halogens is 1. The zero-order valence-electron chi connectivity index (χ0n) is 13.5. The first-order valence-electron chi connectivity index (χ1n) is 8.30. The lowest BCUT2D eigenvalue weighted by Gasteiger charge is -2.23. The second kappa shape index (κ2) is 6.37. The molecule has 1 aliphatic heterocycles. The van der Waals surface area contributed by atoms with Gasteiger partial charge in [-0.2, -0.15) is 0 Å². The summed E-state index contributed by atoms with van der Waals surface area (Å²) in [6.45, 7) is 0.838. The maximum Gasteiger partial charge on any atom is 0.227 e. The van der Waals surface area contributed by atoms with Gasteiger partial charge in [0.05, 0.1) is 5.69 Å². The molecule has 5 nitrogen and oxygen atoms in total. The molecule has 0 bridgehead atoms. The van der Waals surface area contributed by atoms with Gasteiger partial charge in [-0.3, -0.25) is 4.79 Å². The Morgan fingerprint density at radius 3 is 2.56 bits per heavy atom. The van der Waals surface area contributed by atoms with Gasteiger partial charge in [0.15, 0.2) is 11.5 Å². The van der Waals surface area contributed by atoms with Crippen molar-refractivity contribution in [2.24, 2.45) is 5.92 Å². The van der Waals surface area contributed by atoms with E-state index in [1.165, 1.54) is 18.2 Å². The number of ether oxygens (including phenoxy) is 2. The van der Waals surface area contributed by atoms with Gasteiger partial charge in [0.2, 0.25) is 5.91 Å². The fraction of sp³-hybridized carbons (Fsp3) is 0.316. The molecule has 0 spiro atoms. The molecule has 2 N–H and O–H groups in total. The van der Waals surface area contributed by atoms with Crippen LogP contribution < -0.4 is 14.8 Å². The fourth-order valence-corrected chi connectivity index (χ4v) is 2.88. The van der Waals surface area contributed by atoms with E-state index in [-0.39, 0.29) is 11.8 Å². The first-order chi connectivity index (χ1) is 12.1. The normalized spacial score (nSPS) is 17.0. The number of aliphatic hydroxyl groups is 1. The smallest absolute Gasteiger partial charge is 0.227 e. The molecule has 1 fully saturated rings. The minimum Gasteiger partial charge on any atom is -0.486 e. The van der Waals surface area contributed by atoms with Crippen LogP contribution in [0.2, 0.25) is 0 Å². The van der Waals surface area contributed by atoms with E-state index in [9.17, 15) is 14.3 Å². The van der Waals surface area contributed by atoms with Gasteiger partial charge >= 0.3 is 0 Å². The van der Waals surface area contributed by atoms with Gasteiger partial charge in [-0.25, -0.2) is 4.39 Å². The van der Waals surface area contributed by atoms with Crippen LogP contribution in [-0.4, -0.2) is 24.2 Å². The van der Waals surface area contributed by atoms with Gasteiger partial charge in [-0.15, -0.1) is 0 Å². The van der Waals surface area contributed by atoms with E-state index in [1.807, 2.05) is 0 Å². The highest BCUT2D eigenvalue weighted by molar-refractivity contribution is 5.95. The number of anilines is 1. The van der Waals surface area contributed by atoms with E-state index >= 15 is 0 Å². The van der Waals surface area contributed by atoms with Crippen molar-refractivity contribution in [3.05, 3.63) is 53.3 Å². The molecule has 0 radical (unpaired) electrons. The molecule has 1 heterocycles. The van der Waals surface area contributed by atoms with Crippen molar-refractivity contribution in [3.8, 4) is 11.5 Å². The first-order valence-corrected chi connectivity index (χ1v) is 8.30. The van der Waals surface area contributed by atoms with E-state index in [4.69, 9.17) is 9.47 Å². The molecule has 2 aliphatic rings. The highest BCUT2D eigenvalue weighted by Crippen LogP contribution is 2.40. The molecule has 0 aromatic heterocycles. The Hall–Kier alpha value is -2.60. The molecule has 2 aromatic rings. The maximum atomic E-state index is 13.5. The Bertz CT molecular complexity index is 819. The molecule has 6 heteroatoms. The van der Waals surface area contributed by atoms with Crippen LogP contribution in [0.1, 0.15) is 30.1 Å². The Labute approximate surface area is 144 Å². The third-order valence-electron chi connectivity index (χ3n) is 4.38. The number of hydrogen-bond acceptors (Lipinski definition) is 4. The third-order valence-corrected chi connectivity index (χ3v) is 4.38. The molecular weight excluding hydrogens is 325 g/mol.